The van der Waals surface area contributed by atoms with Crippen molar-refractivity contribution in [2.24, 2.45) is 11.0 Å². The average molecular weight is 514 g/mol. The van der Waals surface area contributed by atoms with Crippen molar-refractivity contribution in [1.82, 2.24) is 9.97 Å². The van der Waals surface area contributed by atoms with Crippen LogP contribution < -0.4 is 10.2 Å². The van der Waals surface area contributed by atoms with Gasteiger partial charge in [-0.3, -0.25) is 5.43 Å². The van der Waals surface area contributed by atoms with Crippen LogP contribution in [0, 0.1) is 17.2 Å². The van der Waals surface area contributed by atoms with Gasteiger partial charge in [0.05, 0.1) is 23.5 Å². The minimum Gasteiger partial charge on any atom is -0.497 e. The second-order valence-electron chi connectivity index (χ2n) is 7.88. The molecule has 34 heavy (non-hydrogen) atoms. The number of hydrogen-bond donors (Lipinski definition) is 1. The van der Waals surface area contributed by atoms with Crippen LogP contribution >= 0.6 is 35.0 Å². The van der Waals surface area contributed by atoms with E-state index in [1.165, 1.54) is 0 Å². The van der Waals surface area contributed by atoms with Crippen molar-refractivity contribution >= 4 is 46.5 Å². The van der Waals surface area contributed by atoms with Crippen LogP contribution in [0.4, 0.5) is 5.82 Å². The molecule has 0 unspecified atom stereocenters. The van der Waals surface area contributed by atoms with Gasteiger partial charge in [0.15, 0.2) is 11.0 Å². The monoisotopic (exact) mass is 513 g/mol. The molecule has 3 aromatic rings. The summed E-state index contributed by atoms with van der Waals surface area (Å²) in [4.78, 5) is 9.29. The summed E-state index contributed by atoms with van der Waals surface area (Å²) in [5, 5.41) is 16.0. The van der Waals surface area contributed by atoms with Crippen molar-refractivity contribution < 1.29 is 4.74 Å². The van der Waals surface area contributed by atoms with Gasteiger partial charge in [-0.25, -0.2) is 9.97 Å². The Hall–Kier alpha value is -2.79. The predicted octanol–water partition coefficient (Wildman–Crippen LogP) is 7.30. The van der Waals surface area contributed by atoms with Crippen molar-refractivity contribution in [2.45, 2.75) is 32.3 Å². The highest BCUT2D eigenvalue weighted by Crippen LogP contribution is 2.31. The van der Waals surface area contributed by atoms with Crippen molar-refractivity contribution in [3.63, 3.8) is 0 Å². The van der Waals surface area contributed by atoms with Crippen molar-refractivity contribution in [2.75, 3.05) is 18.3 Å². The van der Waals surface area contributed by atoms with E-state index in [1.807, 2.05) is 31.2 Å². The largest absolute Gasteiger partial charge is 0.497 e. The highest BCUT2D eigenvalue weighted by atomic mass is 35.5. The van der Waals surface area contributed by atoms with Crippen molar-refractivity contribution in [3.8, 4) is 23.1 Å². The number of hydrogen-bond acceptors (Lipinski definition) is 7. The Bertz CT molecular complexity index is 1220. The molecule has 0 saturated heterocycles. The number of nitrogens with one attached hydrogen (secondary N) is 1. The van der Waals surface area contributed by atoms with Gasteiger partial charge in [-0.1, -0.05) is 54.9 Å². The third kappa shape index (κ3) is 6.63. The topological polar surface area (TPSA) is 83.2 Å². The number of hydrazone groups is 1. The smallest absolute Gasteiger partial charge is 0.190 e. The lowest BCUT2D eigenvalue weighted by atomic mass is 10.1. The van der Waals surface area contributed by atoms with Crippen LogP contribution in [0.15, 0.2) is 52.7 Å². The summed E-state index contributed by atoms with van der Waals surface area (Å²) < 4.78 is 5.26. The fourth-order valence-electron chi connectivity index (χ4n) is 3.02. The summed E-state index contributed by atoms with van der Waals surface area (Å²) in [7, 11) is 1.61. The molecule has 0 saturated carbocycles. The Morgan fingerprint density at radius 3 is 2.53 bits per heavy atom. The third-order valence-corrected chi connectivity index (χ3v) is 6.37. The van der Waals surface area contributed by atoms with E-state index < -0.39 is 0 Å². The second kappa shape index (κ2) is 12.1. The van der Waals surface area contributed by atoms with Crippen LogP contribution in [0.1, 0.15) is 38.3 Å². The molecule has 0 aliphatic carbocycles. The fourth-order valence-corrected chi connectivity index (χ4v) is 4.64. The highest BCUT2D eigenvalue weighted by Gasteiger charge is 2.17. The number of anilines is 1. The molecule has 0 atom stereocenters. The maximum absolute atomic E-state index is 9.97. The van der Waals surface area contributed by atoms with E-state index in [1.54, 1.807) is 37.1 Å². The van der Waals surface area contributed by atoms with Crippen LogP contribution in [-0.4, -0.2) is 28.5 Å². The van der Waals surface area contributed by atoms with Crippen molar-refractivity contribution in [1.29, 1.82) is 5.26 Å². The minimum absolute atomic E-state index is 0.303. The third-order valence-electron chi connectivity index (χ3n) is 4.94. The van der Waals surface area contributed by atoms with Gasteiger partial charge < -0.3 is 4.74 Å². The van der Waals surface area contributed by atoms with Crippen LogP contribution in [-0.2, 0) is 0 Å². The number of nitrogens with zero attached hydrogens (tertiary/aromatic N) is 4. The van der Waals surface area contributed by atoms with Gasteiger partial charge >= 0.3 is 0 Å². The van der Waals surface area contributed by atoms with Crippen LogP contribution in [0.5, 0.6) is 5.75 Å². The lowest BCUT2D eigenvalue weighted by Gasteiger charge is -2.12. The zero-order valence-corrected chi connectivity index (χ0v) is 21.7. The zero-order chi connectivity index (χ0) is 24.7. The number of nitriles is 1. The van der Waals surface area contributed by atoms with E-state index in [4.69, 9.17) is 32.9 Å². The van der Waals surface area contributed by atoms with Gasteiger partial charge in [0.2, 0.25) is 0 Å². The Balaban J connectivity index is 2.01. The lowest BCUT2D eigenvalue weighted by Crippen LogP contribution is -2.06. The Morgan fingerprint density at radius 1 is 1.18 bits per heavy atom. The number of aromatic nitrogens is 2. The number of rotatable bonds is 9. The minimum atomic E-state index is 0.303. The molecule has 1 heterocycles. The first-order chi connectivity index (χ1) is 16.3. The summed E-state index contributed by atoms with van der Waals surface area (Å²) in [6.07, 6.45) is 1.03. The first-order valence-electron chi connectivity index (χ1n) is 10.7. The van der Waals surface area contributed by atoms with Gasteiger partial charge in [-0.05, 0) is 55.7 Å². The first-order valence-corrected chi connectivity index (χ1v) is 12.4. The predicted molar refractivity (Wildman–Crippen MR) is 141 cm³/mol. The highest BCUT2D eigenvalue weighted by molar-refractivity contribution is 7.99. The summed E-state index contributed by atoms with van der Waals surface area (Å²) in [5.74, 6) is 2.50. The molecule has 0 aliphatic heterocycles. The molecule has 0 fully saturated rings. The van der Waals surface area contributed by atoms with Gasteiger partial charge in [0.1, 0.15) is 17.4 Å². The first kappa shape index (κ1) is 25.8. The molecule has 0 radical (unpaired) electrons. The number of halogens is 2. The molecule has 6 nitrogen and oxygen atoms in total. The molecule has 2 aromatic carbocycles. The summed E-state index contributed by atoms with van der Waals surface area (Å²) >= 11 is 13.9. The number of thioether (sulfide) groups is 1. The van der Waals surface area contributed by atoms with Gasteiger partial charge in [-0.15, -0.1) is 0 Å². The van der Waals surface area contributed by atoms with Crippen LogP contribution in [0.3, 0.4) is 0 Å². The molecular formula is C25H25Cl2N5OS. The fraction of sp³-hybridized carbons (Fsp3) is 0.280. The molecule has 3 rings (SSSR count). The molecule has 0 aliphatic rings. The molecule has 9 heteroatoms. The Labute approximate surface area is 214 Å². The Kier molecular flexibility index (Phi) is 9.17. The zero-order valence-electron chi connectivity index (χ0n) is 19.4. The van der Waals surface area contributed by atoms with E-state index in [9.17, 15) is 5.26 Å². The average Bonchev–Trinajstić information content (AvgIpc) is 2.82. The number of benzene rings is 2. The van der Waals surface area contributed by atoms with Gasteiger partial charge in [0.25, 0.3) is 0 Å². The quantitative estimate of drug-likeness (QED) is 0.140. The molecular weight excluding hydrogens is 489 g/mol. The maximum Gasteiger partial charge on any atom is 0.190 e. The molecule has 0 amide bonds. The Morgan fingerprint density at radius 2 is 1.91 bits per heavy atom. The summed E-state index contributed by atoms with van der Waals surface area (Å²) in [6, 6.07) is 14.9. The van der Waals surface area contributed by atoms with E-state index >= 15 is 0 Å². The number of ether oxygens (including phenoxy) is 1. The van der Waals surface area contributed by atoms with E-state index in [-0.39, 0.29) is 0 Å². The van der Waals surface area contributed by atoms with E-state index in [2.05, 4.69) is 35.4 Å². The lowest BCUT2D eigenvalue weighted by molar-refractivity contribution is 0.415. The summed E-state index contributed by atoms with van der Waals surface area (Å²) in [5.41, 5.74) is 5.94. The number of methoxy groups -OCH3 is 1. The SMILES string of the molecule is COc1ccc(-c2nc(SCCC(C)C)nc(N/N=C(/C)c3ccc(Cl)cc3Cl)c2C#N)cc1. The van der Waals surface area contributed by atoms with Gasteiger partial charge in [-0.2, -0.15) is 10.4 Å². The molecule has 0 bridgehead atoms. The van der Waals surface area contributed by atoms with E-state index in [0.717, 1.165) is 29.1 Å². The molecule has 1 N–H and O–H groups in total. The standard InChI is InChI=1S/C25H25Cl2N5OS/c1-15(2)11-12-34-25-29-23(17-5-8-19(33-4)9-6-17)21(14-28)24(30-25)32-31-16(3)20-10-7-18(26)13-22(20)27/h5-10,13,15H,11-12H2,1-4H3,(H,29,30,32)/b31-16-. The van der Waals surface area contributed by atoms with Gasteiger partial charge in [0, 0.05) is 21.9 Å². The normalized spacial score (nSPS) is 11.4. The van der Waals surface area contributed by atoms with E-state index in [0.29, 0.717) is 43.9 Å². The molecule has 0 spiro atoms. The molecule has 176 valence electrons. The van der Waals surface area contributed by atoms with Crippen LogP contribution in [0.25, 0.3) is 11.3 Å². The maximum atomic E-state index is 9.97. The van der Waals surface area contributed by atoms with Crippen LogP contribution in [0.2, 0.25) is 10.0 Å². The second-order valence-corrected chi connectivity index (χ2v) is 9.79. The molecule has 1 aromatic heterocycles. The summed E-state index contributed by atoms with van der Waals surface area (Å²) in [6.45, 7) is 6.17. The van der Waals surface area contributed by atoms with Crippen molar-refractivity contribution in [3.05, 3.63) is 63.6 Å².